The third-order valence-electron chi connectivity index (χ3n) is 2.04. The van der Waals surface area contributed by atoms with Gasteiger partial charge in [0.2, 0.25) is 11.2 Å². The maximum atomic E-state index is 5.76. The molecule has 2 aromatic rings. The van der Waals surface area contributed by atoms with Crippen LogP contribution >= 0.6 is 11.6 Å². The van der Waals surface area contributed by atoms with Gasteiger partial charge in [-0.2, -0.15) is 4.98 Å². The Morgan fingerprint density at radius 1 is 1.13 bits per heavy atom. The molecule has 0 N–H and O–H groups in total. The number of halogens is 1. The number of benzene rings is 1. The molecule has 1 aromatic carbocycles. The van der Waals surface area contributed by atoms with Crippen LogP contribution in [0.5, 0.6) is 11.6 Å². The minimum Gasteiger partial charge on any atom is -0.497 e. The van der Waals surface area contributed by atoms with Crippen molar-refractivity contribution in [2.45, 2.75) is 0 Å². The van der Waals surface area contributed by atoms with Gasteiger partial charge >= 0.3 is 0 Å². The van der Waals surface area contributed by atoms with Gasteiger partial charge in [0.25, 0.3) is 0 Å². The minimum absolute atomic E-state index is 0.160. The van der Waals surface area contributed by atoms with E-state index in [0.29, 0.717) is 11.4 Å². The molecule has 78 valence electrons. The van der Waals surface area contributed by atoms with Crippen LogP contribution in [0.15, 0.2) is 18.2 Å². The Morgan fingerprint density at radius 3 is 2.60 bits per heavy atom. The molecule has 0 atom stereocenters. The minimum atomic E-state index is 0.160. The molecule has 0 spiro atoms. The molecule has 15 heavy (non-hydrogen) atoms. The Labute approximate surface area is 91.8 Å². The fourth-order valence-electron chi connectivity index (χ4n) is 1.34. The third-order valence-corrected chi connectivity index (χ3v) is 2.20. The molecule has 1 aromatic heterocycles. The highest BCUT2D eigenvalue weighted by molar-refractivity contribution is 6.28. The Morgan fingerprint density at radius 2 is 1.93 bits per heavy atom. The van der Waals surface area contributed by atoms with Crippen LogP contribution in [0, 0.1) is 0 Å². The summed E-state index contributed by atoms with van der Waals surface area (Å²) in [6.07, 6.45) is 0. The van der Waals surface area contributed by atoms with Gasteiger partial charge in [0.05, 0.1) is 25.1 Å². The zero-order valence-electron chi connectivity index (χ0n) is 8.32. The molecule has 4 nitrogen and oxygen atoms in total. The van der Waals surface area contributed by atoms with Crippen molar-refractivity contribution in [1.29, 1.82) is 0 Å². The lowest BCUT2D eigenvalue weighted by Gasteiger charge is -2.05. The second kappa shape index (κ2) is 3.90. The van der Waals surface area contributed by atoms with E-state index in [1.165, 1.54) is 0 Å². The fraction of sp³-hybridized carbons (Fsp3) is 0.200. The summed E-state index contributed by atoms with van der Waals surface area (Å²) in [5.74, 6) is 1.19. The number of nitrogens with zero attached hydrogens (tertiary/aromatic N) is 2. The summed E-state index contributed by atoms with van der Waals surface area (Å²) in [4.78, 5) is 8.05. The van der Waals surface area contributed by atoms with E-state index in [4.69, 9.17) is 21.1 Å². The first-order chi connectivity index (χ1) is 7.24. The molecule has 0 amide bonds. The molecule has 2 rings (SSSR count). The summed E-state index contributed by atoms with van der Waals surface area (Å²) in [5.41, 5.74) is 0.700. The van der Waals surface area contributed by atoms with Crippen molar-refractivity contribution in [2.75, 3.05) is 14.2 Å². The molecule has 1 heterocycles. The Bertz CT molecular complexity index is 502. The molecule has 0 fully saturated rings. The van der Waals surface area contributed by atoms with Gasteiger partial charge in [-0.25, -0.2) is 4.98 Å². The van der Waals surface area contributed by atoms with Crippen LogP contribution in [-0.4, -0.2) is 24.2 Å². The highest BCUT2D eigenvalue weighted by Gasteiger charge is 2.07. The van der Waals surface area contributed by atoms with E-state index >= 15 is 0 Å². The van der Waals surface area contributed by atoms with Crippen LogP contribution in [0.2, 0.25) is 5.28 Å². The monoisotopic (exact) mass is 224 g/mol. The Kier molecular flexibility index (Phi) is 2.60. The molecule has 0 aliphatic rings. The number of methoxy groups -OCH3 is 2. The normalized spacial score (nSPS) is 10.3. The van der Waals surface area contributed by atoms with Crippen molar-refractivity contribution in [1.82, 2.24) is 9.97 Å². The van der Waals surface area contributed by atoms with Crippen molar-refractivity contribution in [3.8, 4) is 11.6 Å². The fourth-order valence-corrected chi connectivity index (χ4v) is 1.50. The number of ether oxygens (including phenoxy) is 2. The van der Waals surface area contributed by atoms with Gasteiger partial charge in [0.1, 0.15) is 5.75 Å². The first kappa shape index (κ1) is 9.98. The van der Waals surface area contributed by atoms with E-state index in [0.717, 1.165) is 11.1 Å². The predicted molar refractivity (Wildman–Crippen MR) is 57.7 cm³/mol. The van der Waals surface area contributed by atoms with E-state index in [2.05, 4.69) is 9.97 Å². The van der Waals surface area contributed by atoms with Crippen LogP contribution in [0.4, 0.5) is 0 Å². The Hall–Kier alpha value is -1.55. The lowest BCUT2D eigenvalue weighted by atomic mass is 10.2. The summed E-state index contributed by atoms with van der Waals surface area (Å²) < 4.78 is 10.2. The van der Waals surface area contributed by atoms with Crippen LogP contribution in [0.1, 0.15) is 0 Å². The second-order valence-electron chi connectivity index (χ2n) is 2.88. The number of rotatable bonds is 2. The van der Waals surface area contributed by atoms with E-state index in [1.54, 1.807) is 20.3 Å². The first-order valence-corrected chi connectivity index (χ1v) is 4.67. The van der Waals surface area contributed by atoms with Gasteiger partial charge in [-0.3, -0.25) is 0 Å². The first-order valence-electron chi connectivity index (χ1n) is 4.30. The molecule has 0 bridgehead atoms. The zero-order chi connectivity index (χ0) is 10.8. The second-order valence-corrected chi connectivity index (χ2v) is 3.22. The quantitative estimate of drug-likeness (QED) is 0.735. The third kappa shape index (κ3) is 1.80. The molecule has 0 aliphatic heterocycles. The van der Waals surface area contributed by atoms with Gasteiger partial charge in [-0.15, -0.1) is 0 Å². The number of hydrogen-bond acceptors (Lipinski definition) is 4. The highest BCUT2D eigenvalue weighted by atomic mass is 35.5. The predicted octanol–water partition coefficient (Wildman–Crippen LogP) is 2.30. The van der Waals surface area contributed by atoms with Crippen LogP contribution in [0.25, 0.3) is 10.9 Å². The van der Waals surface area contributed by atoms with Gasteiger partial charge < -0.3 is 9.47 Å². The number of fused-ring (bicyclic) bond motifs is 1. The number of aromatic nitrogens is 2. The van der Waals surface area contributed by atoms with E-state index in [9.17, 15) is 0 Å². The van der Waals surface area contributed by atoms with E-state index < -0.39 is 0 Å². The molecule has 0 aliphatic carbocycles. The average Bonchev–Trinajstić information content (AvgIpc) is 2.26. The average molecular weight is 225 g/mol. The van der Waals surface area contributed by atoms with Crippen molar-refractivity contribution >= 4 is 22.5 Å². The van der Waals surface area contributed by atoms with Crippen molar-refractivity contribution < 1.29 is 9.47 Å². The lowest BCUT2D eigenvalue weighted by molar-refractivity contribution is 0.402. The van der Waals surface area contributed by atoms with Gasteiger partial charge in [-0.1, -0.05) is 0 Å². The summed E-state index contributed by atoms with van der Waals surface area (Å²) in [6, 6.07) is 5.44. The maximum absolute atomic E-state index is 5.76. The molecule has 0 saturated carbocycles. The van der Waals surface area contributed by atoms with Crippen molar-refractivity contribution in [2.24, 2.45) is 0 Å². The van der Waals surface area contributed by atoms with Gasteiger partial charge in [0, 0.05) is 6.07 Å². The van der Waals surface area contributed by atoms with Crippen molar-refractivity contribution in [3.63, 3.8) is 0 Å². The van der Waals surface area contributed by atoms with Crippen LogP contribution in [-0.2, 0) is 0 Å². The molecular weight excluding hydrogens is 216 g/mol. The molecule has 0 radical (unpaired) electrons. The topological polar surface area (TPSA) is 44.2 Å². The Balaban J connectivity index is 2.72. The SMILES string of the molecule is COc1ccc2c(OC)nc(Cl)nc2c1. The van der Waals surface area contributed by atoms with Crippen LogP contribution < -0.4 is 9.47 Å². The molecule has 0 unspecified atom stereocenters. The summed E-state index contributed by atoms with van der Waals surface area (Å²) in [5, 5.41) is 0.968. The number of hydrogen-bond donors (Lipinski definition) is 0. The largest absolute Gasteiger partial charge is 0.497 e. The summed E-state index contributed by atoms with van der Waals surface area (Å²) >= 11 is 5.76. The zero-order valence-corrected chi connectivity index (χ0v) is 9.08. The molecule has 5 heteroatoms. The maximum Gasteiger partial charge on any atom is 0.226 e. The van der Waals surface area contributed by atoms with E-state index in [-0.39, 0.29) is 5.28 Å². The van der Waals surface area contributed by atoms with Gasteiger partial charge in [-0.05, 0) is 23.7 Å². The smallest absolute Gasteiger partial charge is 0.226 e. The highest BCUT2D eigenvalue weighted by Crippen LogP contribution is 2.26. The molecular formula is C10H9ClN2O2. The molecule has 0 saturated heterocycles. The standard InChI is InChI=1S/C10H9ClN2O2/c1-14-6-3-4-7-8(5-6)12-10(11)13-9(7)15-2/h3-5H,1-2H3. The lowest BCUT2D eigenvalue weighted by Crippen LogP contribution is -1.93. The van der Waals surface area contributed by atoms with Crippen molar-refractivity contribution in [3.05, 3.63) is 23.5 Å². The van der Waals surface area contributed by atoms with Crippen LogP contribution in [0.3, 0.4) is 0 Å². The van der Waals surface area contributed by atoms with Gasteiger partial charge in [0.15, 0.2) is 0 Å². The van der Waals surface area contributed by atoms with E-state index in [1.807, 2.05) is 12.1 Å². The summed E-state index contributed by atoms with van der Waals surface area (Å²) in [6.45, 7) is 0. The summed E-state index contributed by atoms with van der Waals surface area (Å²) in [7, 11) is 3.14.